The van der Waals surface area contributed by atoms with E-state index in [0.717, 1.165) is 6.54 Å². The second-order valence-electron chi connectivity index (χ2n) is 4.64. The van der Waals surface area contributed by atoms with Crippen molar-refractivity contribution in [3.8, 4) is 5.75 Å². The van der Waals surface area contributed by atoms with E-state index < -0.39 is 5.82 Å². The van der Waals surface area contributed by atoms with Crippen molar-refractivity contribution in [3.63, 3.8) is 0 Å². The van der Waals surface area contributed by atoms with E-state index in [0.29, 0.717) is 12.2 Å². The van der Waals surface area contributed by atoms with E-state index in [9.17, 15) is 9.18 Å². The number of Topliss-reactive ketones (excluding diaryl/α,β-unsaturated/α-hetero) is 1. The number of rotatable bonds is 8. The zero-order chi connectivity index (χ0) is 15.1. The molecule has 0 spiro atoms. The van der Waals surface area contributed by atoms with Crippen LogP contribution in [0.5, 0.6) is 5.75 Å². The first-order valence-electron chi connectivity index (χ1n) is 6.63. The first-order valence-corrected chi connectivity index (χ1v) is 6.63. The monoisotopic (exact) mass is 283 g/mol. The number of halogens is 1. The number of carbonyl (C=O) groups excluding carboxylic acids is 1. The van der Waals surface area contributed by atoms with Gasteiger partial charge in [-0.3, -0.25) is 9.69 Å². The normalized spacial score (nSPS) is 12.5. The maximum atomic E-state index is 13.6. The molecule has 112 valence electrons. The number of methoxy groups -OCH3 is 2. The van der Waals surface area contributed by atoms with Crippen molar-refractivity contribution >= 4 is 5.78 Å². The fourth-order valence-electron chi connectivity index (χ4n) is 2.04. The van der Waals surface area contributed by atoms with Gasteiger partial charge in [-0.05, 0) is 31.7 Å². The summed E-state index contributed by atoms with van der Waals surface area (Å²) in [5, 5.41) is 0. The molecule has 0 aliphatic heterocycles. The lowest BCUT2D eigenvalue weighted by molar-refractivity contribution is 0.0787. The predicted molar refractivity (Wildman–Crippen MR) is 75.9 cm³/mol. The van der Waals surface area contributed by atoms with Crippen molar-refractivity contribution in [1.29, 1.82) is 0 Å². The Hall–Kier alpha value is -1.46. The Labute approximate surface area is 119 Å². The van der Waals surface area contributed by atoms with Crippen molar-refractivity contribution in [2.24, 2.45) is 0 Å². The summed E-state index contributed by atoms with van der Waals surface area (Å²) in [7, 11) is 3.02. The van der Waals surface area contributed by atoms with Crippen LogP contribution >= 0.6 is 0 Å². The highest BCUT2D eigenvalue weighted by Crippen LogP contribution is 2.18. The minimum Gasteiger partial charge on any atom is -0.494 e. The molecule has 1 aromatic rings. The molecule has 0 saturated heterocycles. The van der Waals surface area contributed by atoms with Crippen LogP contribution in [0.25, 0.3) is 0 Å². The topological polar surface area (TPSA) is 38.8 Å². The first-order chi connectivity index (χ1) is 9.53. The molecule has 5 heteroatoms. The summed E-state index contributed by atoms with van der Waals surface area (Å²) in [6.45, 7) is 5.50. The van der Waals surface area contributed by atoms with Crippen LogP contribution in [0.4, 0.5) is 4.39 Å². The lowest BCUT2D eigenvalue weighted by Crippen LogP contribution is -2.39. The van der Waals surface area contributed by atoms with Gasteiger partial charge in [0.25, 0.3) is 0 Å². The van der Waals surface area contributed by atoms with Crippen LogP contribution in [-0.4, -0.2) is 50.6 Å². The number of likely N-dealkylation sites (N-methyl/N-ethyl adjacent to an activating group) is 1. The van der Waals surface area contributed by atoms with E-state index in [1.807, 2.05) is 18.7 Å². The molecule has 1 aromatic carbocycles. The Morgan fingerprint density at radius 2 is 2.10 bits per heavy atom. The number of nitrogens with zero attached hydrogens (tertiary/aromatic N) is 1. The van der Waals surface area contributed by atoms with Crippen molar-refractivity contribution in [1.82, 2.24) is 4.90 Å². The quantitative estimate of drug-likeness (QED) is 0.687. The number of ether oxygens (including phenoxy) is 2. The summed E-state index contributed by atoms with van der Waals surface area (Å²) in [4.78, 5) is 14.2. The van der Waals surface area contributed by atoms with Gasteiger partial charge >= 0.3 is 0 Å². The number of ketones is 1. The third-order valence-corrected chi connectivity index (χ3v) is 3.26. The maximum Gasteiger partial charge on any atom is 0.176 e. The molecule has 20 heavy (non-hydrogen) atoms. The van der Waals surface area contributed by atoms with E-state index in [-0.39, 0.29) is 24.1 Å². The molecule has 1 unspecified atom stereocenters. The van der Waals surface area contributed by atoms with Gasteiger partial charge in [0.05, 0.1) is 20.3 Å². The molecule has 1 atom stereocenters. The van der Waals surface area contributed by atoms with Crippen molar-refractivity contribution in [2.45, 2.75) is 19.9 Å². The van der Waals surface area contributed by atoms with Crippen molar-refractivity contribution in [2.75, 3.05) is 33.9 Å². The van der Waals surface area contributed by atoms with E-state index >= 15 is 0 Å². The molecule has 0 aliphatic rings. The standard InChI is InChI=1S/C15H22FNO3/c1-5-17(11(2)10-19-3)9-14(18)12-6-7-15(20-4)13(16)8-12/h6-8,11H,5,9-10H2,1-4H3. The second kappa shape index (κ2) is 7.97. The molecule has 0 heterocycles. The van der Waals surface area contributed by atoms with E-state index in [2.05, 4.69) is 0 Å². The third-order valence-electron chi connectivity index (χ3n) is 3.26. The average Bonchev–Trinajstić information content (AvgIpc) is 2.44. The molecule has 0 aromatic heterocycles. The highest BCUT2D eigenvalue weighted by molar-refractivity contribution is 5.97. The van der Waals surface area contributed by atoms with Gasteiger partial charge in [-0.1, -0.05) is 6.92 Å². The van der Waals surface area contributed by atoms with Crippen molar-refractivity contribution < 1.29 is 18.7 Å². The smallest absolute Gasteiger partial charge is 0.176 e. The van der Waals surface area contributed by atoms with Crippen LogP contribution < -0.4 is 4.74 Å². The summed E-state index contributed by atoms with van der Waals surface area (Å²) in [6, 6.07) is 4.41. The summed E-state index contributed by atoms with van der Waals surface area (Å²) in [5.74, 6) is -0.496. The van der Waals surface area contributed by atoms with Crippen LogP contribution in [-0.2, 0) is 4.74 Å². The molecule has 0 saturated carbocycles. The number of benzene rings is 1. The van der Waals surface area contributed by atoms with Gasteiger partial charge in [0, 0.05) is 18.7 Å². The fraction of sp³-hybridized carbons (Fsp3) is 0.533. The molecule has 0 aliphatic carbocycles. The zero-order valence-corrected chi connectivity index (χ0v) is 12.5. The molecule has 0 amide bonds. The number of hydrogen-bond donors (Lipinski definition) is 0. The van der Waals surface area contributed by atoms with Gasteiger partial charge < -0.3 is 9.47 Å². The molecule has 0 radical (unpaired) electrons. The minimum atomic E-state index is -0.522. The summed E-state index contributed by atoms with van der Waals surface area (Å²) >= 11 is 0. The van der Waals surface area contributed by atoms with E-state index in [1.165, 1.54) is 19.2 Å². The summed E-state index contributed by atoms with van der Waals surface area (Å²) < 4.78 is 23.5. The molecule has 0 N–H and O–H groups in total. The van der Waals surface area contributed by atoms with Gasteiger partial charge in [0.15, 0.2) is 17.3 Å². The SMILES string of the molecule is CCN(CC(=O)c1ccc(OC)c(F)c1)C(C)COC. The van der Waals surface area contributed by atoms with Crippen molar-refractivity contribution in [3.05, 3.63) is 29.6 Å². The van der Waals surface area contributed by atoms with Crippen LogP contribution in [0, 0.1) is 5.82 Å². The third kappa shape index (κ3) is 4.28. The van der Waals surface area contributed by atoms with Gasteiger partial charge in [-0.25, -0.2) is 4.39 Å². The van der Waals surface area contributed by atoms with Crippen LogP contribution in [0.15, 0.2) is 18.2 Å². The average molecular weight is 283 g/mol. The Morgan fingerprint density at radius 1 is 1.40 bits per heavy atom. The summed E-state index contributed by atoms with van der Waals surface area (Å²) in [5.41, 5.74) is 0.353. The second-order valence-corrected chi connectivity index (χ2v) is 4.64. The molecule has 1 rings (SSSR count). The lowest BCUT2D eigenvalue weighted by atomic mass is 10.1. The Kier molecular flexibility index (Phi) is 6.61. The van der Waals surface area contributed by atoms with E-state index in [4.69, 9.17) is 9.47 Å². The largest absolute Gasteiger partial charge is 0.494 e. The van der Waals surface area contributed by atoms with Gasteiger partial charge in [-0.15, -0.1) is 0 Å². The fourth-order valence-corrected chi connectivity index (χ4v) is 2.04. The van der Waals surface area contributed by atoms with E-state index in [1.54, 1.807) is 13.2 Å². The highest BCUT2D eigenvalue weighted by atomic mass is 19.1. The molecule has 0 fully saturated rings. The molecule has 0 bridgehead atoms. The zero-order valence-electron chi connectivity index (χ0n) is 12.5. The molecule has 4 nitrogen and oxygen atoms in total. The van der Waals surface area contributed by atoms with Crippen LogP contribution in [0.1, 0.15) is 24.2 Å². The summed E-state index contributed by atoms with van der Waals surface area (Å²) in [6.07, 6.45) is 0. The number of hydrogen-bond acceptors (Lipinski definition) is 4. The maximum absolute atomic E-state index is 13.6. The minimum absolute atomic E-state index is 0.114. The van der Waals surface area contributed by atoms with Gasteiger partial charge in [-0.2, -0.15) is 0 Å². The Morgan fingerprint density at radius 3 is 2.60 bits per heavy atom. The Balaban J connectivity index is 2.76. The molecular weight excluding hydrogens is 261 g/mol. The van der Waals surface area contributed by atoms with Gasteiger partial charge in [0.1, 0.15) is 0 Å². The lowest BCUT2D eigenvalue weighted by Gasteiger charge is -2.26. The van der Waals surface area contributed by atoms with Crippen LogP contribution in [0.2, 0.25) is 0 Å². The molecular formula is C15H22FNO3. The van der Waals surface area contributed by atoms with Crippen LogP contribution in [0.3, 0.4) is 0 Å². The van der Waals surface area contributed by atoms with Gasteiger partial charge in [0.2, 0.25) is 0 Å². The Bertz CT molecular complexity index is 451. The first kappa shape index (κ1) is 16.6. The highest BCUT2D eigenvalue weighted by Gasteiger charge is 2.17. The predicted octanol–water partition coefficient (Wildman–Crippen LogP) is 2.37. The number of carbonyl (C=O) groups is 1.